The van der Waals surface area contributed by atoms with Gasteiger partial charge in [-0.25, -0.2) is 4.98 Å². The number of alkyl halides is 3. The molecule has 10 nitrogen and oxygen atoms in total. The van der Waals surface area contributed by atoms with Crippen molar-refractivity contribution in [1.29, 1.82) is 0 Å². The van der Waals surface area contributed by atoms with Crippen molar-refractivity contribution in [2.75, 3.05) is 38.0 Å². The Bertz CT molecular complexity index is 1410. The quantitative estimate of drug-likeness (QED) is 0.110. The van der Waals surface area contributed by atoms with Crippen LogP contribution in [0.3, 0.4) is 0 Å². The number of hydrogen-bond acceptors (Lipinski definition) is 6. The number of carbonyl (C=O) groups is 1. The van der Waals surface area contributed by atoms with E-state index in [1.54, 1.807) is 6.07 Å². The van der Waals surface area contributed by atoms with Gasteiger partial charge in [-0.1, -0.05) is 23.2 Å². The van der Waals surface area contributed by atoms with E-state index in [0.29, 0.717) is 44.0 Å². The zero-order chi connectivity index (χ0) is 29.7. The zero-order valence-corrected chi connectivity index (χ0v) is 23.6. The lowest BCUT2D eigenvalue weighted by molar-refractivity contribution is -0.141. The number of pyridine rings is 1. The number of aromatic amines is 1. The molecule has 0 fully saturated rings. The number of amides is 1. The molecule has 9 N–H and O–H groups in total. The fourth-order valence-corrected chi connectivity index (χ4v) is 5.32. The highest BCUT2D eigenvalue weighted by molar-refractivity contribution is 6.31. The molecule has 3 heterocycles. The summed E-state index contributed by atoms with van der Waals surface area (Å²) in [7, 11) is 0. The van der Waals surface area contributed by atoms with Gasteiger partial charge >= 0.3 is 6.18 Å². The van der Waals surface area contributed by atoms with Crippen LogP contribution in [0, 0.1) is 0 Å². The van der Waals surface area contributed by atoms with Crippen molar-refractivity contribution in [3.05, 3.63) is 57.3 Å². The fraction of sp³-hybridized carbons (Fsp3) is 0.423. The number of halogens is 5. The van der Waals surface area contributed by atoms with Gasteiger partial charge in [0.05, 0.1) is 17.1 Å². The maximum absolute atomic E-state index is 13.2. The van der Waals surface area contributed by atoms with Gasteiger partial charge in [0.2, 0.25) is 5.91 Å². The Morgan fingerprint density at radius 1 is 1.24 bits per heavy atom. The van der Waals surface area contributed by atoms with Gasteiger partial charge in [0.15, 0.2) is 11.7 Å². The summed E-state index contributed by atoms with van der Waals surface area (Å²) in [5.74, 6) is -0.252. The average Bonchev–Trinajstić information content (AvgIpc) is 3.28. The van der Waals surface area contributed by atoms with E-state index < -0.39 is 22.9 Å². The Morgan fingerprint density at radius 2 is 2.02 bits per heavy atom. The summed E-state index contributed by atoms with van der Waals surface area (Å²) in [4.78, 5) is 26.0. The van der Waals surface area contributed by atoms with Gasteiger partial charge in [-0.3, -0.25) is 14.7 Å². The van der Waals surface area contributed by atoms with Gasteiger partial charge in [-0.15, -0.1) is 0 Å². The molecule has 0 aliphatic carbocycles. The van der Waals surface area contributed by atoms with E-state index in [2.05, 4.69) is 30.5 Å². The average molecular weight is 615 g/mol. The lowest BCUT2D eigenvalue weighted by atomic mass is 9.97. The van der Waals surface area contributed by atoms with Crippen LogP contribution in [0.1, 0.15) is 35.8 Å². The molecular formula is C26H32Cl2F3N9O. The molecule has 4 rings (SSSR count). The minimum absolute atomic E-state index is 0.0158. The lowest BCUT2D eigenvalue weighted by Crippen LogP contribution is -2.47. The summed E-state index contributed by atoms with van der Waals surface area (Å²) >= 11 is 11.9. The van der Waals surface area contributed by atoms with Crippen LogP contribution in [0.25, 0.3) is 10.9 Å². The molecule has 1 aromatic carbocycles. The SMILES string of the molecule is NC(N)=NCCCC(N)C(=O)NCC1c2[nH]c3ccc(Cl)cc3c2CCN1CCNc1ccc(Cl)c(C(F)(F)F)n1. The zero-order valence-electron chi connectivity index (χ0n) is 22.1. The van der Waals surface area contributed by atoms with Crippen molar-refractivity contribution in [3.63, 3.8) is 0 Å². The number of aliphatic imine (C=N–C) groups is 1. The fourth-order valence-electron chi connectivity index (χ4n) is 4.93. The monoisotopic (exact) mass is 613 g/mol. The third kappa shape index (κ3) is 7.73. The molecule has 0 saturated heterocycles. The van der Waals surface area contributed by atoms with Crippen molar-refractivity contribution in [3.8, 4) is 0 Å². The Hall–Kier alpha value is -3.26. The number of fused-ring (bicyclic) bond motifs is 3. The van der Waals surface area contributed by atoms with Gasteiger partial charge in [0.25, 0.3) is 0 Å². The Morgan fingerprint density at radius 3 is 2.76 bits per heavy atom. The van der Waals surface area contributed by atoms with Crippen molar-refractivity contribution in [2.45, 2.75) is 37.5 Å². The summed E-state index contributed by atoms with van der Waals surface area (Å²) in [6, 6.07) is 7.22. The number of rotatable bonds is 11. The maximum atomic E-state index is 13.2. The van der Waals surface area contributed by atoms with E-state index >= 15 is 0 Å². The predicted molar refractivity (Wildman–Crippen MR) is 155 cm³/mol. The molecule has 15 heteroatoms. The van der Waals surface area contributed by atoms with Crippen molar-refractivity contribution in [2.24, 2.45) is 22.2 Å². The maximum Gasteiger partial charge on any atom is 0.434 e. The number of carbonyl (C=O) groups excluding carboxylic acids is 1. The van der Waals surface area contributed by atoms with E-state index in [0.717, 1.165) is 28.6 Å². The standard InChI is InChI=1S/C26H32Cl2F3N9O/c27-14-3-5-19-16(12-14)15-7-10-40(11-9-35-21-6-4-17(28)23(39-21)26(29,30)31)20(22(15)38-19)13-37-24(41)18(32)2-1-8-36-25(33)34/h3-6,12,18,20,38H,1-2,7-11,13,32H2,(H,35,39)(H,37,41)(H4,33,34,36). The number of aromatic nitrogens is 2. The molecule has 1 aliphatic heterocycles. The topological polar surface area (TPSA) is 163 Å². The summed E-state index contributed by atoms with van der Waals surface area (Å²) in [5, 5.41) is 7.09. The van der Waals surface area contributed by atoms with Gasteiger partial charge in [0.1, 0.15) is 5.82 Å². The second-order valence-electron chi connectivity index (χ2n) is 9.76. The number of nitrogens with two attached hydrogens (primary N) is 3. The molecule has 3 aromatic rings. The molecule has 2 unspecified atom stereocenters. The highest BCUT2D eigenvalue weighted by Crippen LogP contribution is 2.36. The second kappa shape index (κ2) is 13.1. The van der Waals surface area contributed by atoms with Crippen LogP contribution in [0.5, 0.6) is 0 Å². The third-order valence-electron chi connectivity index (χ3n) is 6.92. The number of H-pyrrole nitrogens is 1. The molecule has 0 radical (unpaired) electrons. The van der Waals surface area contributed by atoms with Crippen molar-refractivity contribution >= 4 is 51.8 Å². The van der Waals surface area contributed by atoms with Gasteiger partial charge in [-0.2, -0.15) is 13.2 Å². The van der Waals surface area contributed by atoms with E-state index in [1.165, 1.54) is 12.1 Å². The van der Waals surface area contributed by atoms with E-state index in [4.69, 9.17) is 40.4 Å². The summed E-state index contributed by atoms with van der Waals surface area (Å²) in [6.07, 6.45) is -2.98. The molecule has 0 spiro atoms. The van der Waals surface area contributed by atoms with Gasteiger partial charge < -0.3 is 32.8 Å². The molecule has 0 bridgehead atoms. The first-order valence-electron chi connectivity index (χ1n) is 13.0. The minimum atomic E-state index is -4.66. The number of hydrogen-bond donors (Lipinski definition) is 6. The molecule has 2 atom stereocenters. The molecule has 0 saturated carbocycles. The minimum Gasteiger partial charge on any atom is -0.370 e. The first-order chi connectivity index (χ1) is 19.4. The Labute approximate surface area is 244 Å². The van der Waals surface area contributed by atoms with Crippen LogP contribution in [0.4, 0.5) is 19.0 Å². The summed E-state index contributed by atoms with van der Waals surface area (Å²) in [6.45, 7) is 2.07. The highest BCUT2D eigenvalue weighted by Gasteiger charge is 2.35. The highest BCUT2D eigenvalue weighted by atomic mass is 35.5. The molecule has 1 aliphatic rings. The van der Waals surface area contributed by atoms with Crippen LogP contribution >= 0.6 is 23.2 Å². The van der Waals surface area contributed by atoms with Gasteiger partial charge in [-0.05, 0) is 55.2 Å². The first-order valence-corrected chi connectivity index (χ1v) is 13.8. The Balaban J connectivity index is 1.46. The van der Waals surface area contributed by atoms with Crippen molar-refractivity contribution < 1.29 is 18.0 Å². The number of nitrogens with one attached hydrogen (secondary N) is 3. The number of guanidine groups is 1. The third-order valence-corrected chi connectivity index (χ3v) is 7.46. The van der Waals surface area contributed by atoms with Crippen LogP contribution in [-0.4, -0.2) is 65.5 Å². The van der Waals surface area contributed by atoms with Crippen LogP contribution < -0.4 is 27.8 Å². The van der Waals surface area contributed by atoms with Gasteiger partial charge in [0, 0.05) is 54.3 Å². The molecule has 1 amide bonds. The molecule has 2 aromatic heterocycles. The predicted octanol–water partition coefficient (Wildman–Crippen LogP) is 3.40. The van der Waals surface area contributed by atoms with Crippen LogP contribution in [0.2, 0.25) is 10.0 Å². The second-order valence-corrected chi connectivity index (χ2v) is 10.6. The Kier molecular flexibility index (Phi) is 9.84. The molecular weight excluding hydrogens is 582 g/mol. The van der Waals surface area contributed by atoms with Crippen molar-refractivity contribution in [1.82, 2.24) is 20.2 Å². The lowest BCUT2D eigenvalue weighted by Gasteiger charge is -2.36. The first kappa shape index (κ1) is 30.7. The number of nitrogens with zero attached hydrogens (tertiary/aromatic N) is 3. The van der Waals surface area contributed by atoms with E-state index in [-0.39, 0.29) is 30.3 Å². The van der Waals surface area contributed by atoms with E-state index in [9.17, 15) is 18.0 Å². The summed E-state index contributed by atoms with van der Waals surface area (Å²) in [5.41, 5.74) is 18.6. The molecule has 41 heavy (non-hydrogen) atoms. The normalized spacial score (nSPS) is 16.3. The van der Waals surface area contributed by atoms with Crippen LogP contribution in [-0.2, 0) is 17.4 Å². The van der Waals surface area contributed by atoms with Crippen LogP contribution in [0.15, 0.2) is 35.3 Å². The van der Waals surface area contributed by atoms with E-state index in [1.807, 2.05) is 12.1 Å². The number of anilines is 1. The number of benzene rings is 1. The largest absolute Gasteiger partial charge is 0.434 e. The summed E-state index contributed by atoms with van der Waals surface area (Å²) < 4.78 is 39.7. The smallest absolute Gasteiger partial charge is 0.370 e. The molecule has 222 valence electrons.